The Bertz CT molecular complexity index is 411. The van der Waals surface area contributed by atoms with Crippen molar-refractivity contribution in [3.63, 3.8) is 0 Å². The van der Waals surface area contributed by atoms with Crippen LogP contribution in [-0.4, -0.2) is 30.1 Å². The fourth-order valence-corrected chi connectivity index (χ4v) is 0.988. The van der Waals surface area contributed by atoms with Crippen LogP contribution in [0.4, 0.5) is 0 Å². The zero-order valence-corrected chi connectivity index (χ0v) is 7.35. The average Bonchev–Trinajstić information content (AvgIpc) is 2.71. The molecule has 0 amide bonds. The molecule has 13 heavy (non-hydrogen) atoms. The van der Waals surface area contributed by atoms with Crippen molar-refractivity contribution in [2.75, 3.05) is 0 Å². The topological polar surface area (TPSA) is 56.5 Å². The second-order valence-electron chi connectivity index (χ2n) is 2.23. The minimum atomic E-state index is 0.503. The van der Waals surface area contributed by atoms with Crippen LogP contribution in [0.1, 0.15) is 5.82 Å². The van der Waals surface area contributed by atoms with Crippen molar-refractivity contribution in [2.45, 2.75) is 0 Å². The Morgan fingerprint density at radius 1 is 1.46 bits per heavy atom. The van der Waals surface area contributed by atoms with Gasteiger partial charge in [0.1, 0.15) is 12.7 Å². The van der Waals surface area contributed by atoms with Crippen LogP contribution in [0.2, 0.25) is 0 Å². The van der Waals surface area contributed by atoms with E-state index in [9.17, 15) is 0 Å². The van der Waals surface area contributed by atoms with Crippen LogP contribution in [0.15, 0.2) is 24.9 Å². The molecule has 0 N–H and O–H groups in total. The van der Waals surface area contributed by atoms with Crippen LogP contribution in [0.5, 0.6) is 0 Å². The first-order chi connectivity index (χ1) is 6.40. The summed E-state index contributed by atoms with van der Waals surface area (Å²) < 4.78 is 1.55. The smallest absolute Gasteiger partial charge is 0.165 e. The summed E-state index contributed by atoms with van der Waals surface area (Å²) in [5.74, 6) is 1.16. The Morgan fingerprint density at radius 2 is 2.38 bits per heavy atom. The highest BCUT2D eigenvalue weighted by Gasteiger charge is 1.98. The van der Waals surface area contributed by atoms with Gasteiger partial charge in [0.15, 0.2) is 11.6 Å². The fourth-order valence-electron chi connectivity index (χ4n) is 0.875. The van der Waals surface area contributed by atoms with Gasteiger partial charge in [-0.25, -0.2) is 19.6 Å². The van der Waals surface area contributed by atoms with Crippen LogP contribution in [-0.2, 0) is 0 Å². The van der Waals surface area contributed by atoms with E-state index in [0.717, 1.165) is 0 Å². The number of hydrogen-bond donors (Lipinski definition) is 0. The van der Waals surface area contributed by atoms with Gasteiger partial charge in [-0.15, -0.1) is 0 Å². The average molecular weight is 191 g/mol. The van der Waals surface area contributed by atoms with E-state index in [1.54, 1.807) is 23.3 Å². The zero-order chi connectivity index (χ0) is 9.10. The summed E-state index contributed by atoms with van der Waals surface area (Å²) in [6.45, 7) is 0. The summed E-state index contributed by atoms with van der Waals surface area (Å²) in [6.07, 6.45) is 4.64. The monoisotopic (exact) mass is 191 g/mol. The largest absolute Gasteiger partial charge is 0.236 e. The van der Waals surface area contributed by atoms with Crippen LogP contribution in [0.25, 0.3) is 5.82 Å². The molecule has 0 aliphatic rings. The first-order valence-electron chi connectivity index (χ1n) is 3.53. The van der Waals surface area contributed by atoms with Crippen molar-refractivity contribution in [3.05, 3.63) is 30.7 Å². The van der Waals surface area contributed by atoms with Gasteiger partial charge in [-0.1, -0.05) is 12.2 Å². The number of thiocarbonyl (C=S) groups is 1. The van der Waals surface area contributed by atoms with E-state index in [1.807, 2.05) is 0 Å². The van der Waals surface area contributed by atoms with Gasteiger partial charge in [0, 0.05) is 17.6 Å². The molecule has 5 nitrogen and oxygen atoms in total. The molecule has 64 valence electrons. The Labute approximate surface area is 79.5 Å². The fraction of sp³-hybridized carbons (Fsp3) is 0. The lowest BCUT2D eigenvalue weighted by molar-refractivity contribution is 0.836. The normalized spacial score (nSPS) is 9.85. The summed E-state index contributed by atoms with van der Waals surface area (Å²) in [6, 6.07) is 1.73. The molecule has 2 aromatic rings. The van der Waals surface area contributed by atoms with Gasteiger partial charge in [-0.3, -0.25) is 0 Å². The molecule has 0 saturated heterocycles. The second kappa shape index (κ2) is 3.36. The second-order valence-corrected chi connectivity index (χ2v) is 2.47. The number of aromatic nitrogens is 5. The maximum Gasteiger partial charge on any atom is 0.165 e. The summed E-state index contributed by atoms with van der Waals surface area (Å²) in [7, 11) is 0. The van der Waals surface area contributed by atoms with Gasteiger partial charge in [-0.2, -0.15) is 5.10 Å². The lowest BCUT2D eigenvalue weighted by Gasteiger charge is -1.98. The van der Waals surface area contributed by atoms with Gasteiger partial charge in [0.2, 0.25) is 0 Å². The van der Waals surface area contributed by atoms with Crippen molar-refractivity contribution in [2.24, 2.45) is 0 Å². The molecule has 0 spiro atoms. The lowest BCUT2D eigenvalue weighted by atomic mass is 10.5. The van der Waals surface area contributed by atoms with Gasteiger partial charge < -0.3 is 0 Å². The van der Waals surface area contributed by atoms with Crippen molar-refractivity contribution in [1.29, 1.82) is 0 Å². The molecule has 0 aliphatic heterocycles. The van der Waals surface area contributed by atoms with E-state index in [2.05, 4.69) is 20.1 Å². The third-order valence-corrected chi connectivity index (χ3v) is 1.63. The highest BCUT2D eigenvalue weighted by molar-refractivity contribution is 7.79. The maximum atomic E-state index is 4.71. The van der Waals surface area contributed by atoms with E-state index in [1.165, 1.54) is 11.7 Å². The molecule has 0 bridgehead atoms. The number of rotatable bonds is 2. The minimum absolute atomic E-state index is 0.503. The van der Waals surface area contributed by atoms with Crippen LogP contribution in [0.3, 0.4) is 0 Å². The molecule has 0 aliphatic carbocycles. The van der Waals surface area contributed by atoms with Crippen LogP contribution >= 0.6 is 12.2 Å². The van der Waals surface area contributed by atoms with Gasteiger partial charge >= 0.3 is 0 Å². The standard InChI is InChI=1S/C7H5N5S/c13-3-6-9-2-1-7(11-6)12-5-8-4-10-12/h1-5H. The molecule has 2 aromatic heterocycles. The first kappa shape index (κ1) is 7.93. The van der Waals surface area contributed by atoms with Crippen molar-refractivity contribution >= 4 is 17.6 Å². The summed E-state index contributed by atoms with van der Waals surface area (Å²) in [5.41, 5.74) is 0. The molecule has 6 heteroatoms. The summed E-state index contributed by atoms with van der Waals surface area (Å²) >= 11 is 4.71. The highest BCUT2D eigenvalue weighted by Crippen LogP contribution is 1.98. The molecule has 0 saturated carbocycles. The van der Waals surface area contributed by atoms with Gasteiger partial charge in [-0.05, 0) is 0 Å². The Kier molecular flexibility index (Phi) is 2.05. The third-order valence-electron chi connectivity index (χ3n) is 1.42. The molecule has 2 heterocycles. The molecule has 0 fully saturated rings. The molecule has 2 rings (SSSR count). The minimum Gasteiger partial charge on any atom is -0.236 e. The van der Waals surface area contributed by atoms with E-state index >= 15 is 0 Å². The van der Waals surface area contributed by atoms with Crippen molar-refractivity contribution < 1.29 is 0 Å². The number of nitrogens with zero attached hydrogens (tertiary/aromatic N) is 5. The van der Waals surface area contributed by atoms with E-state index in [4.69, 9.17) is 12.2 Å². The van der Waals surface area contributed by atoms with Crippen LogP contribution < -0.4 is 0 Å². The summed E-state index contributed by atoms with van der Waals surface area (Å²) in [4.78, 5) is 11.9. The Balaban J connectivity index is 2.47. The number of hydrogen-bond acceptors (Lipinski definition) is 5. The predicted octanol–water partition coefficient (Wildman–Crippen LogP) is 0.405. The van der Waals surface area contributed by atoms with E-state index < -0.39 is 0 Å². The lowest BCUT2D eigenvalue weighted by Crippen LogP contribution is -2.01. The Morgan fingerprint density at radius 3 is 3.08 bits per heavy atom. The van der Waals surface area contributed by atoms with Crippen molar-refractivity contribution in [3.8, 4) is 5.82 Å². The van der Waals surface area contributed by atoms with E-state index in [0.29, 0.717) is 11.6 Å². The highest BCUT2D eigenvalue weighted by atomic mass is 32.1. The van der Waals surface area contributed by atoms with Gasteiger partial charge in [0.25, 0.3) is 0 Å². The quantitative estimate of drug-likeness (QED) is 0.643. The summed E-state index contributed by atoms with van der Waals surface area (Å²) in [5, 5.41) is 5.35. The Hall–Kier alpha value is -1.69. The molecule has 0 aromatic carbocycles. The third kappa shape index (κ3) is 1.57. The van der Waals surface area contributed by atoms with E-state index in [-0.39, 0.29) is 0 Å². The zero-order valence-electron chi connectivity index (χ0n) is 6.53. The molecular weight excluding hydrogens is 186 g/mol. The first-order valence-corrected chi connectivity index (χ1v) is 4.00. The maximum absolute atomic E-state index is 4.71. The predicted molar refractivity (Wildman–Crippen MR) is 49.7 cm³/mol. The SMILES string of the molecule is S=Cc1nccc(-n2cncn2)n1. The molecule has 0 radical (unpaired) electrons. The van der Waals surface area contributed by atoms with Crippen molar-refractivity contribution in [1.82, 2.24) is 24.7 Å². The molecule has 0 atom stereocenters. The molecule has 0 unspecified atom stereocenters. The molecular formula is C7H5N5S. The van der Waals surface area contributed by atoms with Gasteiger partial charge in [0.05, 0.1) is 0 Å². The van der Waals surface area contributed by atoms with Crippen LogP contribution in [0, 0.1) is 0 Å².